The minimum absolute atomic E-state index is 0.0271. The third kappa shape index (κ3) is 4.60. The summed E-state index contributed by atoms with van der Waals surface area (Å²) in [7, 11) is 1.33. The molecule has 6 nitrogen and oxygen atoms in total. The molecule has 1 saturated heterocycles. The van der Waals surface area contributed by atoms with Gasteiger partial charge in [0.05, 0.1) is 12.0 Å². The Balaban J connectivity index is 1.92. The average molecular weight is 366 g/mol. The number of carbonyl (C=O) groups excluding carboxylic acids is 3. The number of amides is 2. The number of likely N-dealkylation sites (tertiary alicyclic amines) is 1. The average Bonchev–Trinajstić information content (AvgIpc) is 3.15. The molecule has 1 aliphatic rings. The maximum Gasteiger partial charge on any atom is 0.331 e. The van der Waals surface area contributed by atoms with Crippen LogP contribution in [0.4, 0.5) is 0 Å². The monoisotopic (exact) mass is 366 g/mol. The second-order valence-electron chi connectivity index (χ2n) is 6.61. The van der Waals surface area contributed by atoms with E-state index < -0.39 is 11.5 Å². The molecule has 2 amide bonds. The fourth-order valence-corrected chi connectivity index (χ4v) is 3.91. The lowest BCUT2D eigenvalue weighted by Crippen LogP contribution is -2.55. The van der Waals surface area contributed by atoms with Gasteiger partial charge < -0.3 is 15.0 Å². The van der Waals surface area contributed by atoms with Gasteiger partial charge in [-0.05, 0) is 37.6 Å². The molecule has 1 unspecified atom stereocenters. The summed E-state index contributed by atoms with van der Waals surface area (Å²) in [6.45, 7) is 4.77. The maximum absolute atomic E-state index is 12.6. The summed E-state index contributed by atoms with van der Waals surface area (Å²) in [5, 5.41) is 4.76. The van der Waals surface area contributed by atoms with Gasteiger partial charge in [0.1, 0.15) is 5.54 Å². The van der Waals surface area contributed by atoms with E-state index in [-0.39, 0.29) is 17.7 Å². The molecule has 138 valence electrons. The number of nitrogens with one attached hydrogen (secondary N) is 1. The van der Waals surface area contributed by atoms with Crippen molar-refractivity contribution in [2.75, 3.05) is 20.2 Å². The lowest BCUT2D eigenvalue weighted by atomic mass is 9.91. The molecule has 0 spiro atoms. The molecule has 2 rings (SSSR count). The smallest absolute Gasteiger partial charge is 0.331 e. The van der Waals surface area contributed by atoms with Crippen molar-refractivity contribution in [1.82, 2.24) is 10.2 Å². The van der Waals surface area contributed by atoms with Crippen molar-refractivity contribution >= 4 is 29.1 Å². The molecule has 0 aromatic carbocycles. The quantitative estimate of drug-likeness (QED) is 0.785. The van der Waals surface area contributed by atoms with E-state index in [2.05, 4.69) is 5.32 Å². The van der Waals surface area contributed by atoms with Crippen molar-refractivity contribution in [3.63, 3.8) is 0 Å². The third-order valence-corrected chi connectivity index (χ3v) is 5.53. The van der Waals surface area contributed by atoms with E-state index in [1.807, 2.05) is 24.4 Å². The van der Waals surface area contributed by atoms with Crippen molar-refractivity contribution in [1.29, 1.82) is 0 Å². The van der Waals surface area contributed by atoms with Crippen LogP contribution in [0.3, 0.4) is 0 Å². The summed E-state index contributed by atoms with van der Waals surface area (Å²) in [5.41, 5.74) is -0.996. The first-order valence-electron chi connectivity index (χ1n) is 8.64. The number of methoxy groups -OCH3 is 1. The van der Waals surface area contributed by atoms with Crippen molar-refractivity contribution in [2.24, 2.45) is 5.92 Å². The van der Waals surface area contributed by atoms with Gasteiger partial charge in [0.15, 0.2) is 0 Å². The number of piperidine rings is 1. The Kier molecular flexibility index (Phi) is 6.58. The number of esters is 1. The van der Waals surface area contributed by atoms with Gasteiger partial charge in [0.25, 0.3) is 5.91 Å². The van der Waals surface area contributed by atoms with Crippen LogP contribution in [0.15, 0.2) is 17.5 Å². The van der Waals surface area contributed by atoms with Gasteiger partial charge in [0.2, 0.25) is 5.91 Å². The fourth-order valence-electron chi connectivity index (χ4n) is 3.22. The van der Waals surface area contributed by atoms with Crippen molar-refractivity contribution in [3.8, 4) is 0 Å². The number of thiophene rings is 1. The Hall–Kier alpha value is -1.89. The lowest BCUT2D eigenvalue weighted by Gasteiger charge is -2.34. The minimum Gasteiger partial charge on any atom is -0.467 e. The highest BCUT2D eigenvalue weighted by atomic mass is 32.1. The largest absolute Gasteiger partial charge is 0.467 e. The molecule has 1 aromatic heterocycles. The van der Waals surface area contributed by atoms with Crippen LogP contribution >= 0.6 is 11.3 Å². The Bertz CT molecular complexity index is 609. The van der Waals surface area contributed by atoms with Crippen LogP contribution in [0, 0.1) is 5.92 Å². The molecule has 1 atom stereocenters. The molecule has 1 aromatic rings. The van der Waals surface area contributed by atoms with Gasteiger partial charge in [-0.15, -0.1) is 11.3 Å². The van der Waals surface area contributed by atoms with E-state index in [0.29, 0.717) is 32.4 Å². The first-order chi connectivity index (χ1) is 11.9. The predicted octanol–water partition coefficient (Wildman–Crippen LogP) is 2.45. The molecular formula is C18H26N2O4S. The lowest BCUT2D eigenvalue weighted by molar-refractivity contribution is -0.151. The Morgan fingerprint density at radius 1 is 1.36 bits per heavy atom. The standard InChI is InChI=1S/C18H26N2O4S/c1-4-9-18(2,17(23)24-3)19-15(21)13-7-10-20(11-8-13)16(22)14-6-5-12-25-14/h5-6,12-13H,4,7-11H2,1-3H3,(H,19,21). The molecule has 1 fully saturated rings. The zero-order valence-electron chi connectivity index (χ0n) is 15.0. The molecule has 1 N–H and O–H groups in total. The van der Waals surface area contributed by atoms with E-state index in [0.717, 1.165) is 11.3 Å². The van der Waals surface area contributed by atoms with Gasteiger partial charge in [-0.2, -0.15) is 0 Å². The second kappa shape index (κ2) is 8.47. The van der Waals surface area contributed by atoms with Crippen molar-refractivity contribution < 1.29 is 19.1 Å². The number of nitrogens with zero attached hydrogens (tertiary/aromatic N) is 1. The molecule has 0 bridgehead atoms. The summed E-state index contributed by atoms with van der Waals surface area (Å²) in [5.74, 6) is -0.718. The van der Waals surface area contributed by atoms with E-state index in [1.54, 1.807) is 11.8 Å². The van der Waals surface area contributed by atoms with Gasteiger partial charge in [-0.1, -0.05) is 19.4 Å². The molecule has 0 aliphatic carbocycles. The first-order valence-corrected chi connectivity index (χ1v) is 9.52. The first kappa shape index (κ1) is 19.4. The van der Waals surface area contributed by atoms with Crippen LogP contribution in [-0.4, -0.2) is 48.4 Å². The number of rotatable bonds is 6. The van der Waals surface area contributed by atoms with Gasteiger partial charge in [-0.25, -0.2) is 4.79 Å². The van der Waals surface area contributed by atoms with Crippen molar-refractivity contribution in [3.05, 3.63) is 22.4 Å². The molecule has 25 heavy (non-hydrogen) atoms. The van der Waals surface area contributed by atoms with Crippen LogP contribution < -0.4 is 5.32 Å². The molecule has 0 saturated carbocycles. The normalized spacial score (nSPS) is 17.6. The fraction of sp³-hybridized carbons (Fsp3) is 0.611. The van der Waals surface area contributed by atoms with Crippen LogP contribution in [0.25, 0.3) is 0 Å². The Morgan fingerprint density at radius 2 is 2.04 bits per heavy atom. The number of ether oxygens (including phenoxy) is 1. The highest BCUT2D eigenvalue weighted by Gasteiger charge is 2.38. The predicted molar refractivity (Wildman–Crippen MR) is 96.4 cm³/mol. The van der Waals surface area contributed by atoms with Crippen molar-refractivity contribution in [2.45, 2.75) is 45.1 Å². The molecular weight excluding hydrogens is 340 g/mol. The van der Waals surface area contributed by atoms with Crippen LogP contribution in [-0.2, 0) is 14.3 Å². The van der Waals surface area contributed by atoms with Crippen LogP contribution in [0.1, 0.15) is 49.2 Å². The van der Waals surface area contributed by atoms with E-state index in [1.165, 1.54) is 18.4 Å². The third-order valence-electron chi connectivity index (χ3n) is 4.67. The van der Waals surface area contributed by atoms with Gasteiger partial charge in [-0.3, -0.25) is 9.59 Å². The SMILES string of the molecule is CCCC(C)(NC(=O)C1CCN(C(=O)c2cccs2)CC1)C(=O)OC. The van der Waals surface area contributed by atoms with Gasteiger partial charge in [0, 0.05) is 19.0 Å². The zero-order valence-corrected chi connectivity index (χ0v) is 15.9. The molecule has 0 radical (unpaired) electrons. The second-order valence-corrected chi connectivity index (χ2v) is 7.55. The topological polar surface area (TPSA) is 75.7 Å². The summed E-state index contributed by atoms with van der Waals surface area (Å²) in [4.78, 5) is 39.5. The zero-order chi connectivity index (χ0) is 18.4. The highest BCUT2D eigenvalue weighted by Crippen LogP contribution is 2.23. The van der Waals surface area contributed by atoms with Gasteiger partial charge >= 0.3 is 5.97 Å². The van der Waals surface area contributed by atoms with Crippen LogP contribution in [0.2, 0.25) is 0 Å². The van der Waals surface area contributed by atoms with E-state index in [9.17, 15) is 14.4 Å². The summed E-state index contributed by atoms with van der Waals surface area (Å²) < 4.78 is 4.84. The summed E-state index contributed by atoms with van der Waals surface area (Å²) in [6, 6.07) is 3.68. The highest BCUT2D eigenvalue weighted by molar-refractivity contribution is 7.12. The minimum atomic E-state index is -0.996. The Morgan fingerprint density at radius 3 is 2.56 bits per heavy atom. The Labute approximate surface area is 152 Å². The van der Waals surface area contributed by atoms with E-state index in [4.69, 9.17) is 4.74 Å². The van der Waals surface area contributed by atoms with E-state index >= 15 is 0 Å². The number of hydrogen-bond donors (Lipinski definition) is 1. The number of hydrogen-bond acceptors (Lipinski definition) is 5. The van der Waals surface area contributed by atoms with Crippen LogP contribution in [0.5, 0.6) is 0 Å². The molecule has 7 heteroatoms. The summed E-state index contributed by atoms with van der Waals surface area (Å²) >= 11 is 1.43. The number of carbonyl (C=O) groups is 3. The maximum atomic E-state index is 12.6. The molecule has 1 aliphatic heterocycles. The summed E-state index contributed by atoms with van der Waals surface area (Å²) in [6.07, 6.45) is 2.50. The molecule has 2 heterocycles.